The summed E-state index contributed by atoms with van der Waals surface area (Å²) in [6.07, 6.45) is 1.04. The van der Waals surface area contributed by atoms with Gasteiger partial charge in [0.1, 0.15) is 24.9 Å². The van der Waals surface area contributed by atoms with E-state index in [0.717, 1.165) is 16.1 Å². The van der Waals surface area contributed by atoms with Crippen LogP contribution in [0.25, 0.3) is 0 Å². The van der Waals surface area contributed by atoms with E-state index in [2.05, 4.69) is 5.32 Å². The Kier molecular flexibility index (Phi) is 10.4. The van der Waals surface area contributed by atoms with Crippen LogP contribution in [0.4, 0.5) is 5.69 Å². The van der Waals surface area contributed by atoms with Crippen LogP contribution in [0.15, 0.2) is 78.9 Å². The van der Waals surface area contributed by atoms with Gasteiger partial charge in [0.15, 0.2) is 0 Å². The van der Waals surface area contributed by atoms with E-state index in [0.29, 0.717) is 28.6 Å². The standard InChI is InChI=1S/C29H34ClN3O5S/c1-21(2)31-29(35)22(3)32(18-24-11-8-12-25(30)17-24)28(34)19-33(39(4,36)37)26-13-15-27(16-14-26)38-20-23-9-6-5-7-10-23/h5-17,21-22H,18-20H2,1-4H3,(H,31,35)/t22-/m1/s1. The van der Waals surface area contributed by atoms with Gasteiger partial charge in [0.05, 0.1) is 11.9 Å². The molecular weight excluding hydrogens is 538 g/mol. The topological polar surface area (TPSA) is 96.0 Å². The molecule has 0 saturated carbocycles. The highest BCUT2D eigenvalue weighted by Gasteiger charge is 2.30. The van der Waals surface area contributed by atoms with Gasteiger partial charge in [0.25, 0.3) is 0 Å². The Morgan fingerprint density at radius 2 is 1.56 bits per heavy atom. The van der Waals surface area contributed by atoms with Crippen LogP contribution >= 0.6 is 11.6 Å². The molecular formula is C29H34ClN3O5S. The predicted octanol–water partition coefficient (Wildman–Crippen LogP) is 4.63. The van der Waals surface area contributed by atoms with Crippen molar-refractivity contribution in [3.63, 3.8) is 0 Å². The first-order chi connectivity index (χ1) is 18.4. The Bertz CT molecular complexity index is 1370. The number of nitrogens with one attached hydrogen (secondary N) is 1. The number of amides is 2. The summed E-state index contributed by atoms with van der Waals surface area (Å²) in [6.45, 7) is 5.23. The van der Waals surface area contributed by atoms with Gasteiger partial charge in [-0.15, -0.1) is 0 Å². The second-order valence-corrected chi connectivity index (χ2v) is 11.9. The van der Waals surface area contributed by atoms with Crippen LogP contribution in [-0.2, 0) is 32.8 Å². The van der Waals surface area contributed by atoms with Crippen LogP contribution in [0.5, 0.6) is 5.75 Å². The third-order valence-corrected chi connectivity index (χ3v) is 7.27. The molecule has 0 aliphatic rings. The van der Waals surface area contributed by atoms with Crippen molar-refractivity contribution in [1.82, 2.24) is 10.2 Å². The molecule has 1 N–H and O–H groups in total. The van der Waals surface area contributed by atoms with Crippen LogP contribution in [0.2, 0.25) is 5.02 Å². The molecule has 2 amide bonds. The molecule has 1 atom stereocenters. The zero-order chi connectivity index (χ0) is 28.6. The van der Waals surface area contributed by atoms with Crippen molar-refractivity contribution in [2.45, 2.75) is 46.0 Å². The number of benzene rings is 3. The van der Waals surface area contributed by atoms with Crippen LogP contribution < -0.4 is 14.4 Å². The molecule has 0 heterocycles. The molecule has 8 nitrogen and oxygen atoms in total. The maximum atomic E-state index is 13.6. The number of hydrogen-bond acceptors (Lipinski definition) is 5. The number of carbonyl (C=O) groups is 2. The zero-order valence-corrected chi connectivity index (χ0v) is 24.1. The molecule has 39 heavy (non-hydrogen) atoms. The first-order valence-corrected chi connectivity index (χ1v) is 14.8. The van der Waals surface area contributed by atoms with E-state index in [1.807, 2.05) is 44.2 Å². The second kappa shape index (κ2) is 13.5. The maximum Gasteiger partial charge on any atom is 0.244 e. The molecule has 0 unspecified atom stereocenters. The lowest BCUT2D eigenvalue weighted by molar-refractivity contribution is -0.139. The van der Waals surface area contributed by atoms with Gasteiger partial charge in [-0.25, -0.2) is 8.42 Å². The summed E-state index contributed by atoms with van der Waals surface area (Å²) in [5.74, 6) is -0.314. The fraction of sp³-hybridized carbons (Fsp3) is 0.310. The Balaban J connectivity index is 1.82. The Labute approximate surface area is 235 Å². The number of sulfonamides is 1. The summed E-state index contributed by atoms with van der Waals surface area (Å²) in [6, 6.07) is 22.1. The Morgan fingerprint density at radius 3 is 2.15 bits per heavy atom. The van der Waals surface area contributed by atoms with E-state index in [4.69, 9.17) is 16.3 Å². The van der Waals surface area contributed by atoms with E-state index in [-0.39, 0.29) is 18.5 Å². The zero-order valence-electron chi connectivity index (χ0n) is 22.5. The lowest BCUT2D eigenvalue weighted by atomic mass is 10.1. The first kappa shape index (κ1) is 30.0. The molecule has 3 aromatic carbocycles. The minimum Gasteiger partial charge on any atom is -0.489 e. The van der Waals surface area contributed by atoms with E-state index in [9.17, 15) is 18.0 Å². The summed E-state index contributed by atoms with van der Waals surface area (Å²) in [5, 5.41) is 3.31. The second-order valence-electron chi connectivity index (χ2n) is 9.53. The normalized spacial score (nSPS) is 12.1. The van der Waals surface area contributed by atoms with Gasteiger partial charge in [-0.1, -0.05) is 54.1 Å². The van der Waals surface area contributed by atoms with E-state index in [1.54, 1.807) is 55.5 Å². The number of hydrogen-bond donors (Lipinski definition) is 1. The quantitative estimate of drug-likeness (QED) is 0.342. The van der Waals surface area contributed by atoms with E-state index < -0.39 is 28.5 Å². The molecule has 0 aromatic heterocycles. The SMILES string of the molecule is CC(C)NC(=O)[C@@H](C)N(Cc1cccc(Cl)c1)C(=O)CN(c1ccc(OCc2ccccc2)cc1)S(C)(=O)=O. The minimum atomic E-state index is -3.84. The Morgan fingerprint density at radius 1 is 0.923 bits per heavy atom. The van der Waals surface area contributed by atoms with Crippen molar-refractivity contribution >= 4 is 39.1 Å². The number of carbonyl (C=O) groups excluding carboxylic acids is 2. The Hall–Kier alpha value is -3.56. The van der Waals surface area contributed by atoms with Crippen molar-refractivity contribution in [3.05, 3.63) is 95.0 Å². The minimum absolute atomic E-state index is 0.0793. The van der Waals surface area contributed by atoms with Crippen molar-refractivity contribution in [2.75, 3.05) is 17.1 Å². The number of halogens is 1. The van der Waals surface area contributed by atoms with Crippen LogP contribution in [0.1, 0.15) is 31.9 Å². The van der Waals surface area contributed by atoms with Gasteiger partial charge in [0.2, 0.25) is 21.8 Å². The highest BCUT2D eigenvalue weighted by atomic mass is 35.5. The summed E-state index contributed by atoms with van der Waals surface area (Å²) in [7, 11) is -3.84. The third-order valence-electron chi connectivity index (χ3n) is 5.89. The molecule has 0 bridgehead atoms. The number of nitrogens with zero attached hydrogens (tertiary/aromatic N) is 2. The van der Waals surface area contributed by atoms with Crippen LogP contribution in [-0.4, -0.2) is 50.0 Å². The molecule has 3 rings (SSSR count). The molecule has 0 aliphatic carbocycles. The summed E-state index contributed by atoms with van der Waals surface area (Å²) in [5.41, 5.74) is 2.02. The molecule has 10 heteroatoms. The smallest absolute Gasteiger partial charge is 0.244 e. The molecule has 3 aromatic rings. The lowest BCUT2D eigenvalue weighted by Gasteiger charge is -2.32. The van der Waals surface area contributed by atoms with Gasteiger partial charge < -0.3 is 15.0 Å². The fourth-order valence-electron chi connectivity index (χ4n) is 3.88. The summed E-state index contributed by atoms with van der Waals surface area (Å²) >= 11 is 6.13. The average molecular weight is 572 g/mol. The fourth-order valence-corrected chi connectivity index (χ4v) is 4.95. The first-order valence-electron chi connectivity index (χ1n) is 12.5. The van der Waals surface area contributed by atoms with E-state index in [1.165, 1.54) is 4.90 Å². The monoisotopic (exact) mass is 571 g/mol. The summed E-state index contributed by atoms with van der Waals surface area (Å²) < 4.78 is 32.4. The number of anilines is 1. The third kappa shape index (κ3) is 9.01. The predicted molar refractivity (Wildman–Crippen MR) is 154 cm³/mol. The van der Waals surface area contributed by atoms with Crippen LogP contribution in [0, 0.1) is 0 Å². The van der Waals surface area contributed by atoms with Gasteiger partial charge in [0, 0.05) is 17.6 Å². The van der Waals surface area contributed by atoms with Crippen molar-refractivity contribution in [3.8, 4) is 5.75 Å². The number of rotatable bonds is 12. The van der Waals surface area contributed by atoms with Crippen molar-refractivity contribution in [2.24, 2.45) is 0 Å². The van der Waals surface area contributed by atoms with Crippen molar-refractivity contribution < 1.29 is 22.7 Å². The number of ether oxygens (including phenoxy) is 1. The molecule has 0 aliphatic heterocycles. The van der Waals surface area contributed by atoms with Crippen molar-refractivity contribution in [1.29, 1.82) is 0 Å². The van der Waals surface area contributed by atoms with Gasteiger partial charge >= 0.3 is 0 Å². The molecule has 0 saturated heterocycles. The highest BCUT2D eigenvalue weighted by molar-refractivity contribution is 7.92. The largest absolute Gasteiger partial charge is 0.489 e. The maximum absolute atomic E-state index is 13.6. The average Bonchev–Trinajstić information content (AvgIpc) is 2.88. The van der Waals surface area contributed by atoms with Gasteiger partial charge in [-0.05, 0) is 68.3 Å². The molecule has 0 spiro atoms. The summed E-state index contributed by atoms with van der Waals surface area (Å²) in [4.78, 5) is 27.8. The van der Waals surface area contributed by atoms with Gasteiger partial charge in [-0.3, -0.25) is 13.9 Å². The molecule has 0 radical (unpaired) electrons. The van der Waals surface area contributed by atoms with E-state index >= 15 is 0 Å². The van der Waals surface area contributed by atoms with Crippen LogP contribution in [0.3, 0.4) is 0 Å². The molecule has 208 valence electrons. The molecule has 0 fully saturated rings. The lowest BCUT2D eigenvalue weighted by Crippen LogP contribution is -2.52. The van der Waals surface area contributed by atoms with Gasteiger partial charge in [-0.2, -0.15) is 0 Å². The highest BCUT2D eigenvalue weighted by Crippen LogP contribution is 2.23.